The van der Waals surface area contributed by atoms with Crippen LogP contribution in [-0.4, -0.2) is 28.9 Å². The third-order valence-corrected chi connectivity index (χ3v) is 4.36. The van der Waals surface area contributed by atoms with Crippen LogP contribution in [0.3, 0.4) is 0 Å². The predicted octanol–water partition coefficient (Wildman–Crippen LogP) is 1.83. The molecule has 2 aromatic rings. The Morgan fingerprint density at radius 1 is 1.39 bits per heavy atom. The summed E-state index contributed by atoms with van der Waals surface area (Å²) < 4.78 is 5.96. The van der Waals surface area contributed by atoms with Gasteiger partial charge in [-0.05, 0) is 6.07 Å². The van der Waals surface area contributed by atoms with E-state index >= 15 is 0 Å². The van der Waals surface area contributed by atoms with E-state index in [-0.39, 0.29) is 5.91 Å². The number of rotatable bonds is 1. The van der Waals surface area contributed by atoms with E-state index in [1.807, 2.05) is 29.6 Å². The average molecular weight is 258 g/mol. The molecule has 1 atom stereocenters. The number of ether oxygens (including phenoxy) is 1. The number of benzene rings is 1. The van der Waals surface area contributed by atoms with Crippen LogP contribution < -0.4 is 0 Å². The first kappa shape index (κ1) is 10.2. The first-order chi connectivity index (χ1) is 8.84. The van der Waals surface area contributed by atoms with Gasteiger partial charge in [-0.15, -0.1) is 11.3 Å². The van der Waals surface area contributed by atoms with Gasteiger partial charge in [0.1, 0.15) is 0 Å². The van der Waals surface area contributed by atoms with Crippen LogP contribution in [0.2, 0.25) is 0 Å². The Morgan fingerprint density at radius 3 is 3.11 bits per heavy atom. The lowest BCUT2D eigenvalue weighted by Gasteiger charge is -2.29. The molecule has 0 aliphatic carbocycles. The second-order valence-corrected chi connectivity index (χ2v) is 5.23. The summed E-state index contributed by atoms with van der Waals surface area (Å²) >= 11 is 1.52. The Bertz CT molecular complexity index is 626. The minimum Gasteiger partial charge on any atom is -0.343 e. The van der Waals surface area contributed by atoms with Crippen molar-refractivity contribution in [1.29, 1.82) is 0 Å². The van der Waals surface area contributed by atoms with Crippen LogP contribution in [0.5, 0.6) is 0 Å². The average Bonchev–Trinajstić information content (AvgIpc) is 3.09. The van der Waals surface area contributed by atoms with Crippen molar-refractivity contribution in [2.75, 3.05) is 13.2 Å². The van der Waals surface area contributed by atoms with E-state index in [1.165, 1.54) is 11.3 Å². The minimum absolute atomic E-state index is 0.0401. The lowest BCUT2D eigenvalue weighted by atomic mass is 10.0. The zero-order chi connectivity index (χ0) is 12.2. The molecule has 4 nitrogen and oxygen atoms in total. The largest absolute Gasteiger partial charge is 0.343 e. The summed E-state index contributed by atoms with van der Waals surface area (Å²) in [5.74, 6) is 0.0401. The second kappa shape index (κ2) is 3.40. The highest BCUT2D eigenvalue weighted by molar-refractivity contribution is 7.09. The lowest BCUT2D eigenvalue weighted by molar-refractivity contribution is -0.0305. The Hall–Kier alpha value is -1.72. The predicted molar refractivity (Wildman–Crippen MR) is 66.3 cm³/mol. The highest BCUT2D eigenvalue weighted by atomic mass is 32.1. The van der Waals surface area contributed by atoms with Gasteiger partial charge in [0.2, 0.25) is 5.72 Å². The van der Waals surface area contributed by atoms with Crippen molar-refractivity contribution < 1.29 is 9.53 Å². The van der Waals surface area contributed by atoms with Gasteiger partial charge in [0, 0.05) is 29.2 Å². The standard InChI is InChI=1S/C13H10N2O2S/c16-11-9-3-1-2-4-10(9)13(12-14-5-8-18-12)15(11)6-7-17-13/h1-5,8H,6-7H2. The van der Waals surface area contributed by atoms with Gasteiger partial charge in [0.15, 0.2) is 5.01 Å². The number of carbonyl (C=O) groups excluding carboxylic acids is 1. The maximum absolute atomic E-state index is 12.4. The van der Waals surface area contributed by atoms with Crippen LogP contribution in [0.25, 0.3) is 0 Å². The summed E-state index contributed by atoms with van der Waals surface area (Å²) in [5, 5.41) is 2.74. The van der Waals surface area contributed by atoms with Gasteiger partial charge in [-0.2, -0.15) is 0 Å². The monoisotopic (exact) mass is 258 g/mol. The van der Waals surface area contributed by atoms with E-state index in [4.69, 9.17) is 4.74 Å². The highest BCUT2D eigenvalue weighted by Crippen LogP contribution is 2.48. The molecule has 1 saturated heterocycles. The number of nitrogens with zero attached hydrogens (tertiary/aromatic N) is 2. The summed E-state index contributed by atoms with van der Waals surface area (Å²) in [6, 6.07) is 7.63. The van der Waals surface area contributed by atoms with Crippen molar-refractivity contribution in [1.82, 2.24) is 9.88 Å². The van der Waals surface area contributed by atoms with Gasteiger partial charge in [-0.25, -0.2) is 4.98 Å². The summed E-state index contributed by atoms with van der Waals surface area (Å²) in [6.45, 7) is 1.17. The van der Waals surface area contributed by atoms with Crippen molar-refractivity contribution in [3.63, 3.8) is 0 Å². The number of fused-ring (bicyclic) bond motifs is 3. The SMILES string of the molecule is O=C1c2ccccc2C2(c3nccs3)OCCN12. The molecule has 2 aliphatic heterocycles. The van der Waals surface area contributed by atoms with Crippen LogP contribution in [0, 0.1) is 0 Å². The fraction of sp³-hybridized carbons (Fsp3) is 0.231. The van der Waals surface area contributed by atoms with Crippen LogP contribution in [0.15, 0.2) is 35.8 Å². The van der Waals surface area contributed by atoms with Crippen molar-refractivity contribution >= 4 is 17.2 Å². The molecule has 1 unspecified atom stereocenters. The smallest absolute Gasteiger partial charge is 0.257 e. The minimum atomic E-state index is -0.776. The first-order valence-electron chi connectivity index (χ1n) is 5.79. The molecule has 0 bridgehead atoms. The number of carbonyl (C=O) groups is 1. The van der Waals surface area contributed by atoms with Gasteiger partial charge >= 0.3 is 0 Å². The zero-order valence-electron chi connectivity index (χ0n) is 9.50. The van der Waals surface area contributed by atoms with Crippen LogP contribution in [-0.2, 0) is 10.5 Å². The van der Waals surface area contributed by atoms with Gasteiger partial charge in [0.05, 0.1) is 6.61 Å². The van der Waals surface area contributed by atoms with E-state index in [0.29, 0.717) is 13.2 Å². The molecule has 18 heavy (non-hydrogen) atoms. The molecule has 0 N–H and O–H groups in total. The van der Waals surface area contributed by atoms with Crippen molar-refractivity contribution in [2.45, 2.75) is 5.72 Å². The fourth-order valence-electron chi connectivity index (χ4n) is 2.78. The third kappa shape index (κ3) is 1.04. The Kier molecular flexibility index (Phi) is 1.93. The Balaban J connectivity index is 2.03. The molecule has 90 valence electrons. The number of aromatic nitrogens is 1. The van der Waals surface area contributed by atoms with E-state index in [1.54, 1.807) is 11.1 Å². The summed E-state index contributed by atoms with van der Waals surface area (Å²) in [5.41, 5.74) is 0.872. The third-order valence-electron chi connectivity index (χ3n) is 3.50. The highest BCUT2D eigenvalue weighted by Gasteiger charge is 2.56. The van der Waals surface area contributed by atoms with Gasteiger partial charge in [-0.1, -0.05) is 18.2 Å². The molecule has 4 rings (SSSR count). The van der Waals surface area contributed by atoms with Gasteiger partial charge in [0.25, 0.3) is 5.91 Å². The molecule has 5 heteroatoms. The molecule has 2 aliphatic rings. The molecule has 1 fully saturated rings. The number of thiazole rings is 1. The molecular formula is C13H10N2O2S. The normalized spacial score (nSPS) is 25.3. The summed E-state index contributed by atoms with van der Waals surface area (Å²) in [6.07, 6.45) is 1.75. The topological polar surface area (TPSA) is 42.4 Å². The molecule has 3 heterocycles. The molecule has 0 saturated carbocycles. The van der Waals surface area contributed by atoms with Crippen molar-refractivity contribution in [2.24, 2.45) is 0 Å². The van der Waals surface area contributed by atoms with Crippen molar-refractivity contribution in [3.8, 4) is 0 Å². The van der Waals surface area contributed by atoms with Gasteiger partial charge in [-0.3, -0.25) is 9.69 Å². The molecular weight excluding hydrogens is 248 g/mol. The maximum Gasteiger partial charge on any atom is 0.257 e. The number of hydrogen-bond donors (Lipinski definition) is 0. The van der Waals surface area contributed by atoms with Crippen LogP contribution in [0.4, 0.5) is 0 Å². The van der Waals surface area contributed by atoms with E-state index in [9.17, 15) is 4.79 Å². The fourth-order valence-corrected chi connectivity index (χ4v) is 3.59. The first-order valence-corrected chi connectivity index (χ1v) is 6.67. The van der Waals surface area contributed by atoms with Crippen LogP contribution >= 0.6 is 11.3 Å². The molecule has 0 radical (unpaired) electrons. The molecule has 1 aromatic heterocycles. The van der Waals surface area contributed by atoms with Gasteiger partial charge < -0.3 is 4.74 Å². The maximum atomic E-state index is 12.4. The molecule has 1 amide bonds. The van der Waals surface area contributed by atoms with E-state index in [2.05, 4.69) is 4.98 Å². The molecule has 0 spiro atoms. The molecule has 1 aromatic carbocycles. The number of hydrogen-bond acceptors (Lipinski definition) is 4. The Morgan fingerprint density at radius 2 is 2.28 bits per heavy atom. The zero-order valence-corrected chi connectivity index (χ0v) is 10.3. The number of amides is 1. The summed E-state index contributed by atoms with van der Waals surface area (Å²) in [4.78, 5) is 18.6. The second-order valence-electron chi connectivity index (χ2n) is 4.33. The summed E-state index contributed by atoms with van der Waals surface area (Å²) in [7, 11) is 0. The van der Waals surface area contributed by atoms with E-state index < -0.39 is 5.72 Å². The van der Waals surface area contributed by atoms with Crippen molar-refractivity contribution in [3.05, 3.63) is 52.0 Å². The lowest BCUT2D eigenvalue weighted by Crippen LogP contribution is -2.40. The Labute approximate surface area is 108 Å². The quantitative estimate of drug-likeness (QED) is 0.783. The van der Waals surface area contributed by atoms with E-state index in [0.717, 1.165) is 16.1 Å². The van der Waals surface area contributed by atoms with Crippen LogP contribution in [0.1, 0.15) is 20.9 Å².